The number of carbonyl (C=O) groups is 1. The molecule has 9 heteroatoms. The van der Waals surface area contributed by atoms with Gasteiger partial charge in [-0.25, -0.2) is 0 Å². The molecule has 9 nitrogen and oxygen atoms in total. The van der Waals surface area contributed by atoms with E-state index in [9.17, 15) is 25.2 Å². The van der Waals surface area contributed by atoms with Gasteiger partial charge in [-0.2, -0.15) is 0 Å². The second kappa shape index (κ2) is 25.4. The molecule has 0 aromatic rings. The van der Waals surface area contributed by atoms with Crippen molar-refractivity contribution in [3.05, 3.63) is 12.2 Å². The lowest BCUT2D eigenvalue weighted by Gasteiger charge is -2.39. The number of carbonyl (C=O) groups excluding carboxylic acids is 1. The highest BCUT2D eigenvalue weighted by Crippen LogP contribution is 2.22. The average Bonchev–Trinajstić information content (AvgIpc) is 2.97. The van der Waals surface area contributed by atoms with E-state index in [-0.39, 0.29) is 19.2 Å². The first-order valence-corrected chi connectivity index (χ1v) is 16.3. The summed E-state index contributed by atoms with van der Waals surface area (Å²) in [6.45, 7) is 4.38. The number of aliphatic hydroxyl groups excluding tert-OH is 4. The second-order valence-electron chi connectivity index (χ2n) is 11.3. The zero-order valence-electron chi connectivity index (χ0n) is 25.8. The van der Waals surface area contributed by atoms with Gasteiger partial charge in [0.15, 0.2) is 6.29 Å². The van der Waals surface area contributed by atoms with Crippen LogP contribution in [0.4, 0.5) is 0 Å². The van der Waals surface area contributed by atoms with E-state index in [1.165, 1.54) is 64.2 Å². The van der Waals surface area contributed by atoms with Gasteiger partial charge >= 0.3 is 5.97 Å². The number of ether oxygens (including phenoxy) is 4. The van der Waals surface area contributed by atoms with Crippen molar-refractivity contribution in [3.8, 4) is 0 Å². The number of rotatable bonds is 26. The third kappa shape index (κ3) is 18.3. The number of unbranched alkanes of at least 4 members (excludes halogenated alkanes) is 13. The van der Waals surface area contributed by atoms with Gasteiger partial charge in [-0.05, 0) is 38.5 Å². The summed E-state index contributed by atoms with van der Waals surface area (Å²) in [5.74, 6) is -0.335. The quantitative estimate of drug-likeness (QED) is 0.0628. The van der Waals surface area contributed by atoms with Crippen LogP contribution in [0.15, 0.2) is 12.2 Å². The van der Waals surface area contributed by atoms with E-state index in [1.54, 1.807) is 0 Å². The molecule has 0 bridgehead atoms. The first-order chi connectivity index (χ1) is 19.9. The summed E-state index contributed by atoms with van der Waals surface area (Å²) in [7, 11) is 0. The number of hydrogen-bond acceptors (Lipinski definition) is 9. The maximum atomic E-state index is 12.4. The lowest BCUT2D eigenvalue weighted by molar-refractivity contribution is -0.305. The van der Waals surface area contributed by atoms with Gasteiger partial charge in [-0.1, -0.05) is 90.2 Å². The van der Waals surface area contributed by atoms with Gasteiger partial charge < -0.3 is 39.4 Å². The van der Waals surface area contributed by atoms with Crippen LogP contribution in [-0.2, 0) is 23.7 Å². The Morgan fingerprint density at radius 2 is 1.34 bits per heavy atom. The molecule has 1 fully saturated rings. The van der Waals surface area contributed by atoms with Gasteiger partial charge in [0.05, 0.1) is 19.8 Å². The Morgan fingerprint density at radius 1 is 0.756 bits per heavy atom. The first kappa shape index (κ1) is 38.0. The normalized spacial score (nSPS) is 23.7. The third-order valence-electron chi connectivity index (χ3n) is 7.43. The number of esters is 1. The fraction of sp³-hybridized carbons (Fsp3) is 0.906. The van der Waals surface area contributed by atoms with E-state index in [4.69, 9.17) is 18.9 Å². The SMILES string of the molecule is CCCCCC/C=C\CCCCCCCCOCC(COC1OC(CO)C(O)C(O)C1O)OC(=O)CCCCCC. The van der Waals surface area contributed by atoms with E-state index in [1.807, 2.05) is 0 Å². The van der Waals surface area contributed by atoms with Gasteiger partial charge in [0.1, 0.15) is 30.5 Å². The first-order valence-electron chi connectivity index (χ1n) is 16.3. The second-order valence-corrected chi connectivity index (χ2v) is 11.3. The molecule has 41 heavy (non-hydrogen) atoms. The fourth-order valence-corrected chi connectivity index (χ4v) is 4.78. The molecule has 1 rings (SSSR count). The molecule has 6 unspecified atom stereocenters. The Bertz CT molecular complexity index is 643. The highest BCUT2D eigenvalue weighted by Gasteiger charge is 2.44. The van der Waals surface area contributed by atoms with E-state index in [2.05, 4.69) is 26.0 Å². The maximum absolute atomic E-state index is 12.4. The predicted molar refractivity (Wildman–Crippen MR) is 159 cm³/mol. The molecule has 1 aliphatic rings. The van der Waals surface area contributed by atoms with Crippen molar-refractivity contribution in [2.24, 2.45) is 0 Å². The van der Waals surface area contributed by atoms with Crippen LogP contribution in [0.3, 0.4) is 0 Å². The molecular weight excluding hydrogens is 528 g/mol. The summed E-state index contributed by atoms with van der Waals surface area (Å²) in [6.07, 6.45) is 15.8. The minimum atomic E-state index is -1.53. The molecule has 1 saturated heterocycles. The Balaban J connectivity index is 2.30. The topological polar surface area (TPSA) is 135 Å². The van der Waals surface area contributed by atoms with E-state index < -0.39 is 43.4 Å². The van der Waals surface area contributed by atoms with Gasteiger partial charge in [0.2, 0.25) is 0 Å². The Labute approximate surface area is 248 Å². The van der Waals surface area contributed by atoms with Crippen molar-refractivity contribution >= 4 is 5.97 Å². The van der Waals surface area contributed by atoms with Crippen molar-refractivity contribution in [2.45, 2.75) is 160 Å². The molecule has 242 valence electrons. The molecular formula is C32H60O9. The third-order valence-corrected chi connectivity index (χ3v) is 7.43. The van der Waals surface area contributed by atoms with Crippen molar-refractivity contribution in [3.63, 3.8) is 0 Å². The summed E-state index contributed by atoms with van der Waals surface area (Å²) in [5.41, 5.74) is 0. The number of allylic oxidation sites excluding steroid dienone is 2. The molecule has 0 spiro atoms. The van der Waals surface area contributed by atoms with Crippen LogP contribution in [0.2, 0.25) is 0 Å². The van der Waals surface area contributed by atoms with Crippen molar-refractivity contribution < 1.29 is 44.2 Å². The van der Waals surface area contributed by atoms with Crippen LogP contribution in [0.5, 0.6) is 0 Å². The van der Waals surface area contributed by atoms with Crippen LogP contribution in [0.1, 0.15) is 123 Å². The summed E-state index contributed by atoms with van der Waals surface area (Å²) in [4.78, 5) is 12.4. The largest absolute Gasteiger partial charge is 0.457 e. The molecule has 0 aromatic heterocycles. The maximum Gasteiger partial charge on any atom is 0.306 e. The van der Waals surface area contributed by atoms with Crippen molar-refractivity contribution in [1.29, 1.82) is 0 Å². The predicted octanol–water partition coefficient (Wildman–Crippen LogP) is 4.96. The lowest BCUT2D eigenvalue weighted by atomic mass is 9.99. The highest BCUT2D eigenvalue weighted by atomic mass is 16.7. The molecule has 0 aromatic carbocycles. The summed E-state index contributed by atoms with van der Waals surface area (Å²) >= 11 is 0. The van der Waals surface area contributed by atoms with E-state index >= 15 is 0 Å². The molecule has 0 saturated carbocycles. The minimum absolute atomic E-state index is 0.115. The van der Waals surface area contributed by atoms with Crippen LogP contribution in [0.25, 0.3) is 0 Å². The smallest absolute Gasteiger partial charge is 0.306 e. The highest BCUT2D eigenvalue weighted by molar-refractivity contribution is 5.69. The van der Waals surface area contributed by atoms with Crippen molar-refractivity contribution in [2.75, 3.05) is 26.4 Å². The fourth-order valence-electron chi connectivity index (χ4n) is 4.78. The number of aliphatic hydroxyl groups is 4. The molecule has 4 N–H and O–H groups in total. The molecule has 0 amide bonds. The standard InChI is InChI=1S/C32H60O9/c1-3-5-7-9-10-11-12-13-14-15-16-17-18-20-22-38-24-26(40-28(34)21-19-8-6-4-2)25-39-32-31(37)30(36)29(35)27(23-33)41-32/h11-12,26-27,29-33,35-37H,3-10,13-25H2,1-2H3/b12-11-. The summed E-state index contributed by atoms with van der Waals surface area (Å²) < 4.78 is 22.4. The molecule has 1 heterocycles. The van der Waals surface area contributed by atoms with Crippen LogP contribution in [-0.4, -0.2) is 89.6 Å². The zero-order chi connectivity index (χ0) is 30.1. The zero-order valence-corrected chi connectivity index (χ0v) is 25.8. The Hall–Kier alpha value is -1.07. The molecule has 6 atom stereocenters. The van der Waals surface area contributed by atoms with Crippen LogP contribution < -0.4 is 0 Å². The number of hydrogen-bond donors (Lipinski definition) is 4. The van der Waals surface area contributed by atoms with Crippen molar-refractivity contribution in [1.82, 2.24) is 0 Å². The van der Waals surface area contributed by atoms with E-state index in [0.717, 1.165) is 38.5 Å². The Kier molecular flexibility index (Phi) is 23.5. The molecule has 0 radical (unpaired) electrons. The summed E-state index contributed by atoms with van der Waals surface area (Å²) in [5, 5.41) is 39.6. The monoisotopic (exact) mass is 588 g/mol. The van der Waals surface area contributed by atoms with E-state index in [0.29, 0.717) is 13.0 Å². The van der Waals surface area contributed by atoms with Crippen LogP contribution >= 0.6 is 0 Å². The van der Waals surface area contributed by atoms with Gasteiger partial charge in [0, 0.05) is 13.0 Å². The lowest BCUT2D eigenvalue weighted by Crippen LogP contribution is -2.59. The molecule has 0 aliphatic carbocycles. The molecule has 1 aliphatic heterocycles. The van der Waals surface area contributed by atoms with Gasteiger partial charge in [-0.15, -0.1) is 0 Å². The van der Waals surface area contributed by atoms with Gasteiger partial charge in [-0.3, -0.25) is 4.79 Å². The average molecular weight is 589 g/mol. The Morgan fingerprint density at radius 3 is 1.98 bits per heavy atom. The van der Waals surface area contributed by atoms with Crippen LogP contribution in [0, 0.1) is 0 Å². The van der Waals surface area contributed by atoms with Gasteiger partial charge in [0.25, 0.3) is 0 Å². The summed E-state index contributed by atoms with van der Waals surface area (Å²) in [6, 6.07) is 0. The minimum Gasteiger partial charge on any atom is -0.457 e.